The van der Waals surface area contributed by atoms with E-state index in [1.807, 2.05) is 51.1 Å². The van der Waals surface area contributed by atoms with Gasteiger partial charge >= 0.3 is 0 Å². The molecule has 0 aromatic heterocycles. The van der Waals surface area contributed by atoms with Crippen LogP contribution in [0.25, 0.3) is 0 Å². The van der Waals surface area contributed by atoms with Crippen molar-refractivity contribution in [3.63, 3.8) is 0 Å². The van der Waals surface area contributed by atoms with Crippen LogP contribution in [0.4, 0.5) is 0 Å². The summed E-state index contributed by atoms with van der Waals surface area (Å²) in [4.78, 5) is 0. The molecular formula is C17H19BrO2. The first kappa shape index (κ1) is 15.1. The molecule has 20 heavy (non-hydrogen) atoms. The highest BCUT2D eigenvalue weighted by molar-refractivity contribution is 9.10. The van der Waals surface area contributed by atoms with Crippen molar-refractivity contribution in [2.45, 2.75) is 26.9 Å². The Morgan fingerprint density at radius 2 is 1.70 bits per heavy atom. The SMILES string of the molecule is COc1cc(C)c(C(O)c2cccc(C)c2Br)cc1C. The quantitative estimate of drug-likeness (QED) is 0.897. The van der Waals surface area contributed by atoms with Gasteiger partial charge in [-0.25, -0.2) is 0 Å². The average molecular weight is 335 g/mol. The van der Waals surface area contributed by atoms with E-state index in [1.165, 1.54) is 0 Å². The summed E-state index contributed by atoms with van der Waals surface area (Å²) in [5.41, 5.74) is 4.96. The summed E-state index contributed by atoms with van der Waals surface area (Å²) < 4.78 is 6.28. The van der Waals surface area contributed by atoms with Gasteiger partial charge in [0.2, 0.25) is 0 Å². The predicted octanol–water partition coefficient (Wildman–Crippen LogP) is 4.46. The van der Waals surface area contributed by atoms with E-state index in [9.17, 15) is 5.11 Å². The second-order valence-electron chi connectivity index (χ2n) is 5.06. The van der Waals surface area contributed by atoms with Crippen LogP contribution in [0, 0.1) is 20.8 Å². The standard InChI is InChI=1S/C17H19BrO2/c1-10-6-5-7-13(16(10)18)17(19)14-8-12(3)15(20-4)9-11(14)2/h5-9,17,19H,1-4H3. The van der Waals surface area contributed by atoms with E-state index in [2.05, 4.69) is 15.9 Å². The molecule has 0 spiro atoms. The fraction of sp³-hybridized carbons (Fsp3) is 0.294. The Hall–Kier alpha value is -1.32. The molecule has 0 fully saturated rings. The first-order valence-corrected chi connectivity index (χ1v) is 7.33. The van der Waals surface area contributed by atoms with Gasteiger partial charge in [-0.05, 0) is 60.7 Å². The molecule has 1 atom stereocenters. The maximum absolute atomic E-state index is 10.7. The Labute approximate surface area is 128 Å². The molecule has 0 saturated heterocycles. The van der Waals surface area contributed by atoms with Crippen LogP contribution in [0.15, 0.2) is 34.8 Å². The summed E-state index contributed by atoms with van der Waals surface area (Å²) in [6, 6.07) is 9.89. The molecule has 3 heteroatoms. The van der Waals surface area contributed by atoms with Crippen LogP contribution in [-0.4, -0.2) is 12.2 Å². The third kappa shape index (κ3) is 2.74. The molecule has 1 unspecified atom stereocenters. The van der Waals surface area contributed by atoms with Crippen LogP contribution >= 0.6 is 15.9 Å². The van der Waals surface area contributed by atoms with Crippen molar-refractivity contribution in [1.82, 2.24) is 0 Å². The van der Waals surface area contributed by atoms with Gasteiger partial charge in [0.05, 0.1) is 7.11 Å². The minimum Gasteiger partial charge on any atom is -0.496 e. The number of aliphatic hydroxyl groups excluding tert-OH is 1. The molecule has 2 rings (SSSR count). The normalized spacial score (nSPS) is 12.3. The fourth-order valence-electron chi connectivity index (χ4n) is 2.38. The number of aliphatic hydroxyl groups is 1. The lowest BCUT2D eigenvalue weighted by atomic mass is 9.94. The molecule has 2 aromatic carbocycles. The maximum atomic E-state index is 10.7. The number of rotatable bonds is 3. The number of ether oxygens (including phenoxy) is 1. The lowest BCUT2D eigenvalue weighted by molar-refractivity contribution is 0.218. The molecule has 1 N–H and O–H groups in total. The summed E-state index contributed by atoms with van der Waals surface area (Å²) in [6.45, 7) is 6.00. The summed E-state index contributed by atoms with van der Waals surface area (Å²) in [5, 5.41) is 10.7. The van der Waals surface area contributed by atoms with E-state index in [-0.39, 0.29) is 0 Å². The summed E-state index contributed by atoms with van der Waals surface area (Å²) in [5.74, 6) is 0.849. The second-order valence-corrected chi connectivity index (χ2v) is 5.85. The molecular weight excluding hydrogens is 316 g/mol. The van der Waals surface area contributed by atoms with Crippen molar-refractivity contribution in [1.29, 1.82) is 0 Å². The van der Waals surface area contributed by atoms with E-state index >= 15 is 0 Å². The molecule has 0 saturated carbocycles. The van der Waals surface area contributed by atoms with Gasteiger partial charge in [-0.15, -0.1) is 0 Å². The number of hydrogen-bond acceptors (Lipinski definition) is 2. The lowest BCUT2D eigenvalue weighted by Crippen LogP contribution is -2.05. The van der Waals surface area contributed by atoms with Crippen LogP contribution in [0.1, 0.15) is 33.9 Å². The number of aryl methyl sites for hydroxylation is 3. The monoisotopic (exact) mass is 334 g/mol. The van der Waals surface area contributed by atoms with Gasteiger partial charge in [0.25, 0.3) is 0 Å². The average Bonchev–Trinajstić information content (AvgIpc) is 2.43. The van der Waals surface area contributed by atoms with Gasteiger partial charge in [-0.3, -0.25) is 0 Å². The number of methoxy groups -OCH3 is 1. The lowest BCUT2D eigenvalue weighted by Gasteiger charge is -2.18. The highest BCUT2D eigenvalue weighted by atomic mass is 79.9. The topological polar surface area (TPSA) is 29.5 Å². The zero-order chi connectivity index (χ0) is 14.9. The number of halogens is 1. The zero-order valence-electron chi connectivity index (χ0n) is 12.2. The van der Waals surface area contributed by atoms with Gasteiger partial charge in [0, 0.05) is 4.47 Å². The third-order valence-corrected chi connectivity index (χ3v) is 4.68. The van der Waals surface area contributed by atoms with Gasteiger partial charge in [-0.1, -0.05) is 34.1 Å². The molecule has 0 aliphatic heterocycles. The smallest absolute Gasteiger partial charge is 0.122 e. The van der Waals surface area contributed by atoms with Crippen molar-refractivity contribution in [3.05, 3.63) is 62.6 Å². The van der Waals surface area contributed by atoms with Gasteiger partial charge in [0.15, 0.2) is 0 Å². The fourth-order valence-corrected chi connectivity index (χ4v) is 2.86. The van der Waals surface area contributed by atoms with Crippen molar-refractivity contribution < 1.29 is 9.84 Å². The summed E-state index contributed by atoms with van der Waals surface area (Å²) in [6.07, 6.45) is -0.645. The van der Waals surface area contributed by atoms with Crippen LogP contribution < -0.4 is 4.74 Å². The van der Waals surface area contributed by atoms with Crippen LogP contribution in [0.5, 0.6) is 5.75 Å². The van der Waals surface area contributed by atoms with Crippen molar-refractivity contribution in [2.24, 2.45) is 0 Å². The number of benzene rings is 2. The molecule has 0 bridgehead atoms. The van der Waals surface area contributed by atoms with Crippen molar-refractivity contribution >= 4 is 15.9 Å². The Morgan fingerprint density at radius 1 is 1.00 bits per heavy atom. The number of hydrogen-bond donors (Lipinski definition) is 1. The molecule has 0 radical (unpaired) electrons. The Morgan fingerprint density at radius 3 is 2.35 bits per heavy atom. The Kier molecular flexibility index (Phi) is 4.51. The molecule has 2 nitrogen and oxygen atoms in total. The maximum Gasteiger partial charge on any atom is 0.122 e. The highest BCUT2D eigenvalue weighted by Crippen LogP contribution is 2.34. The van der Waals surface area contributed by atoms with E-state index < -0.39 is 6.10 Å². The van der Waals surface area contributed by atoms with E-state index in [1.54, 1.807) is 7.11 Å². The van der Waals surface area contributed by atoms with Crippen LogP contribution in [0.3, 0.4) is 0 Å². The van der Waals surface area contributed by atoms with Crippen molar-refractivity contribution in [2.75, 3.05) is 7.11 Å². The van der Waals surface area contributed by atoms with Crippen LogP contribution in [0.2, 0.25) is 0 Å². The first-order valence-electron chi connectivity index (χ1n) is 6.54. The van der Waals surface area contributed by atoms with Gasteiger partial charge < -0.3 is 9.84 Å². The summed E-state index contributed by atoms with van der Waals surface area (Å²) >= 11 is 3.56. The minimum atomic E-state index is -0.645. The molecule has 0 aliphatic carbocycles. The van der Waals surface area contributed by atoms with E-state index in [4.69, 9.17) is 4.74 Å². The summed E-state index contributed by atoms with van der Waals surface area (Å²) in [7, 11) is 1.66. The molecule has 106 valence electrons. The highest BCUT2D eigenvalue weighted by Gasteiger charge is 2.18. The Balaban J connectivity index is 2.51. The minimum absolute atomic E-state index is 0.645. The molecule has 0 amide bonds. The third-order valence-electron chi connectivity index (χ3n) is 3.59. The Bertz CT molecular complexity index is 635. The second kappa shape index (κ2) is 5.98. The van der Waals surface area contributed by atoms with Gasteiger partial charge in [-0.2, -0.15) is 0 Å². The predicted molar refractivity (Wildman–Crippen MR) is 85.4 cm³/mol. The molecule has 0 heterocycles. The van der Waals surface area contributed by atoms with E-state index in [0.717, 1.165) is 38.0 Å². The largest absolute Gasteiger partial charge is 0.496 e. The molecule has 0 aliphatic rings. The molecule has 2 aromatic rings. The van der Waals surface area contributed by atoms with Crippen molar-refractivity contribution in [3.8, 4) is 5.75 Å². The van der Waals surface area contributed by atoms with Gasteiger partial charge in [0.1, 0.15) is 11.9 Å². The first-order chi connectivity index (χ1) is 9.45. The van der Waals surface area contributed by atoms with E-state index in [0.29, 0.717) is 0 Å². The zero-order valence-corrected chi connectivity index (χ0v) is 13.8. The van der Waals surface area contributed by atoms with Crippen LogP contribution in [-0.2, 0) is 0 Å².